The highest BCUT2D eigenvalue weighted by Gasteiger charge is 2.71. The number of amides is 1. The number of aromatic hydroxyl groups is 1. The smallest absolute Gasteiger partial charge is 0.223 e. The Morgan fingerprint density at radius 1 is 1.19 bits per heavy atom. The van der Waals surface area contributed by atoms with Crippen LogP contribution >= 0.6 is 0 Å². The largest absolute Gasteiger partial charge is 0.504 e. The number of piperidine rings is 1. The number of hydrogen-bond donors (Lipinski definition) is 2. The second-order valence-corrected chi connectivity index (χ2v) is 10.7. The average molecular weight is 427 g/mol. The van der Waals surface area contributed by atoms with Gasteiger partial charge in [0.05, 0.1) is 17.1 Å². The molecular weight excluding hydrogens is 392 g/mol. The van der Waals surface area contributed by atoms with Crippen LogP contribution in [0.2, 0.25) is 0 Å². The lowest BCUT2D eigenvalue weighted by Crippen LogP contribution is -2.76. The monoisotopic (exact) mass is 426 g/mol. The predicted octanol–water partition coefficient (Wildman–Crippen LogP) is 2.72. The van der Waals surface area contributed by atoms with Gasteiger partial charge in [0.25, 0.3) is 0 Å². The first-order chi connectivity index (χ1) is 14.9. The average Bonchev–Trinajstić information content (AvgIpc) is 3.34. The molecule has 5 atom stereocenters. The highest BCUT2D eigenvalue weighted by molar-refractivity contribution is 5.78. The lowest BCUT2D eigenvalue weighted by Gasteiger charge is -2.62. The van der Waals surface area contributed by atoms with E-state index < -0.39 is 11.0 Å². The quantitative estimate of drug-likeness (QED) is 0.778. The maximum atomic E-state index is 12.7. The highest BCUT2D eigenvalue weighted by Crippen LogP contribution is 2.63. The third-order valence-electron chi connectivity index (χ3n) is 9.20. The number of fused-ring (bicyclic) bond motifs is 1. The van der Waals surface area contributed by atoms with E-state index in [0.29, 0.717) is 18.6 Å². The molecule has 2 saturated heterocycles. The second kappa shape index (κ2) is 6.61. The van der Waals surface area contributed by atoms with Crippen LogP contribution in [0.5, 0.6) is 11.5 Å². The van der Waals surface area contributed by atoms with E-state index in [1.54, 1.807) is 6.07 Å². The second-order valence-electron chi connectivity index (χ2n) is 10.7. The van der Waals surface area contributed by atoms with Crippen molar-refractivity contribution >= 4 is 5.91 Å². The molecule has 1 spiro atoms. The van der Waals surface area contributed by atoms with E-state index >= 15 is 0 Å². The lowest BCUT2D eigenvalue weighted by atomic mass is 9.51. The summed E-state index contributed by atoms with van der Waals surface area (Å²) in [5.74, 6) is 1.65. The number of carbonyl (C=O) groups is 1. The summed E-state index contributed by atoms with van der Waals surface area (Å²) in [7, 11) is 0. The number of aliphatic hydroxyl groups is 1. The molecule has 5 aliphatic rings. The number of aryl methyl sites for hydroxylation is 1. The van der Waals surface area contributed by atoms with Crippen molar-refractivity contribution in [3.63, 3.8) is 0 Å². The first-order valence-corrected chi connectivity index (χ1v) is 12.1. The Hall–Kier alpha value is -1.79. The van der Waals surface area contributed by atoms with Crippen molar-refractivity contribution in [3.8, 4) is 11.5 Å². The van der Waals surface area contributed by atoms with E-state index in [4.69, 9.17) is 4.74 Å². The van der Waals surface area contributed by atoms with Crippen molar-refractivity contribution in [2.24, 2.45) is 5.92 Å². The summed E-state index contributed by atoms with van der Waals surface area (Å²) in [6, 6.07) is 3.60. The Labute approximate surface area is 184 Å². The van der Waals surface area contributed by atoms with Crippen LogP contribution in [-0.2, 0) is 10.2 Å². The van der Waals surface area contributed by atoms with Crippen molar-refractivity contribution in [2.45, 2.75) is 88.0 Å². The molecule has 168 valence electrons. The van der Waals surface area contributed by atoms with E-state index in [0.717, 1.165) is 55.9 Å². The molecule has 2 saturated carbocycles. The number of benzene rings is 1. The predicted molar refractivity (Wildman–Crippen MR) is 116 cm³/mol. The summed E-state index contributed by atoms with van der Waals surface area (Å²) in [4.78, 5) is 17.2. The molecule has 31 heavy (non-hydrogen) atoms. The van der Waals surface area contributed by atoms with Crippen LogP contribution in [0.25, 0.3) is 0 Å². The summed E-state index contributed by atoms with van der Waals surface area (Å²) in [5.41, 5.74) is 0.490. The van der Waals surface area contributed by atoms with Gasteiger partial charge in [-0.25, -0.2) is 0 Å². The maximum absolute atomic E-state index is 12.7. The van der Waals surface area contributed by atoms with Crippen LogP contribution in [0.15, 0.2) is 12.1 Å². The van der Waals surface area contributed by atoms with E-state index in [2.05, 4.69) is 18.7 Å². The van der Waals surface area contributed by atoms with Crippen molar-refractivity contribution in [1.29, 1.82) is 0 Å². The molecule has 6 nitrogen and oxygen atoms in total. The third-order valence-corrected chi connectivity index (χ3v) is 9.20. The van der Waals surface area contributed by atoms with Crippen LogP contribution in [-0.4, -0.2) is 69.3 Å². The standard InChI is InChI=1S/C25H34N2O4/c1-15-5-8-19(28)22-21(15)24-11-13-26(14-17-6-7-17)16(2)25(24,30)10-9-18(23(24)31-22)27-12-3-4-20(27)29/h5,8,16-18,23,28,30H,3-4,6-7,9-14H2,1-2H3/t16-,18+,23+,24+,25-/m1/s1. The van der Waals surface area contributed by atoms with Crippen molar-refractivity contribution in [1.82, 2.24) is 9.80 Å². The fourth-order valence-electron chi connectivity index (χ4n) is 7.43. The summed E-state index contributed by atoms with van der Waals surface area (Å²) >= 11 is 0. The molecule has 0 bridgehead atoms. The van der Waals surface area contributed by atoms with Gasteiger partial charge < -0.3 is 19.8 Å². The molecular formula is C25H34N2O4. The van der Waals surface area contributed by atoms with Gasteiger partial charge >= 0.3 is 0 Å². The molecule has 2 aliphatic carbocycles. The summed E-state index contributed by atoms with van der Waals surface area (Å²) in [6.07, 6.45) is 5.95. The van der Waals surface area contributed by atoms with Gasteiger partial charge in [-0.1, -0.05) is 6.07 Å². The minimum absolute atomic E-state index is 0.0101. The molecule has 3 aliphatic heterocycles. The van der Waals surface area contributed by atoms with Gasteiger partial charge in [0.2, 0.25) is 5.91 Å². The van der Waals surface area contributed by atoms with Crippen LogP contribution in [0, 0.1) is 12.8 Å². The Morgan fingerprint density at radius 2 is 2.00 bits per heavy atom. The van der Waals surface area contributed by atoms with Crippen LogP contribution < -0.4 is 4.74 Å². The maximum Gasteiger partial charge on any atom is 0.223 e. The molecule has 1 aromatic carbocycles. The van der Waals surface area contributed by atoms with Gasteiger partial charge in [-0.05, 0) is 76.5 Å². The van der Waals surface area contributed by atoms with Gasteiger partial charge in [0, 0.05) is 31.1 Å². The normalized spacial score (nSPS) is 39.8. The molecule has 2 N–H and O–H groups in total. The first kappa shape index (κ1) is 19.9. The zero-order valence-electron chi connectivity index (χ0n) is 18.6. The zero-order chi connectivity index (χ0) is 21.5. The minimum atomic E-state index is -0.951. The van der Waals surface area contributed by atoms with Gasteiger partial charge in [0.15, 0.2) is 11.5 Å². The van der Waals surface area contributed by atoms with Gasteiger partial charge in [0.1, 0.15) is 6.10 Å². The molecule has 0 aromatic heterocycles. The van der Waals surface area contributed by atoms with Gasteiger partial charge in [-0.3, -0.25) is 9.69 Å². The molecule has 1 amide bonds. The molecule has 4 fully saturated rings. The fraction of sp³-hybridized carbons (Fsp3) is 0.720. The number of phenolic OH excluding ortho intramolecular Hbond substituents is 1. The Bertz CT molecular complexity index is 930. The number of rotatable bonds is 3. The van der Waals surface area contributed by atoms with E-state index in [9.17, 15) is 15.0 Å². The fourth-order valence-corrected chi connectivity index (χ4v) is 7.43. The van der Waals surface area contributed by atoms with Crippen molar-refractivity contribution in [3.05, 3.63) is 23.3 Å². The summed E-state index contributed by atoms with van der Waals surface area (Å²) in [6.45, 7) is 6.98. The molecule has 6 heteroatoms. The molecule has 0 unspecified atom stereocenters. The SMILES string of the molecule is Cc1ccc(O)c2c1[C@]13CCN(CC4CC4)[C@H](C)[C@]1(O)CC[C@H](N1CCCC1=O)[C@@H]3O2. The van der Waals surface area contributed by atoms with Gasteiger partial charge in [-0.2, -0.15) is 0 Å². The number of ether oxygens (including phenoxy) is 1. The number of hydrogen-bond acceptors (Lipinski definition) is 5. The number of carbonyl (C=O) groups excluding carboxylic acids is 1. The molecule has 6 rings (SSSR count). The third kappa shape index (κ3) is 2.55. The topological polar surface area (TPSA) is 73.2 Å². The summed E-state index contributed by atoms with van der Waals surface area (Å²) in [5, 5.41) is 23.2. The number of nitrogens with zero attached hydrogens (tertiary/aromatic N) is 2. The Kier molecular flexibility index (Phi) is 4.24. The van der Waals surface area contributed by atoms with Crippen molar-refractivity contribution < 1.29 is 19.7 Å². The van der Waals surface area contributed by atoms with E-state index in [-0.39, 0.29) is 29.8 Å². The lowest BCUT2D eigenvalue weighted by molar-refractivity contribution is -0.192. The minimum Gasteiger partial charge on any atom is -0.504 e. The van der Waals surface area contributed by atoms with Crippen LogP contribution in [0.1, 0.15) is 63.0 Å². The summed E-state index contributed by atoms with van der Waals surface area (Å²) < 4.78 is 6.58. The highest BCUT2D eigenvalue weighted by atomic mass is 16.5. The zero-order valence-corrected chi connectivity index (χ0v) is 18.6. The number of likely N-dealkylation sites (tertiary alicyclic amines) is 2. The first-order valence-electron chi connectivity index (χ1n) is 12.1. The number of phenols is 1. The molecule has 3 heterocycles. The van der Waals surface area contributed by atoms with Crippen LogP contribution in [0.4, 0.5) is 0 Å². The Balaban J connectivity index is 1.49. The van der Waals surface area contributed by atoms with Gasteiger partial charge in [-0.15, -0.1) is 0 Å². The van der Waals surface area contributed by atoms with Crippen molar-refractivity contribution in [2.75, 3.05) is 19.6 Å². The Morgan fingerprint density at radius 3 is 2.71 bits per heavy atom. The van der Waals surface area contributed by atoms with Crippen LogP contribution in [0.3, 0.4) is 0 Å². The van der Waals surface area contributed by atoms with E-state index in [1.165, 1.54) is 12.8 Å². The molecule has 1 aromatic rings. The van der Waals surface area contributed by atoms with E-state index in [1.807, 2.05) is 11.0 Å². The molecule has 0 radical (unpaired) electrons.